The van der Waals surface area contributed by atoms with Gasteiger partial charge in [0, 0.05) is 20.3 Å². The fourth-order valence-electron chi connectivity index (χ4n) is 3.64. The number of rotatable bonds is 9. The Hall–Kier alpha value is -2.97. The number of carbonyl (C=O) groups excluding carboxylic acids is 3. The fraction of sp³-hybridized carbons (Fsp3) is 0.552. The number of ether oxygens (including phenoxy) is 1. The molecule has 37 heavy (non-hydrogen) atoms. The molecule has 0 saturated carbocycles. The molecule has 2 atom stereocenters. The highest BCUT2D eigenvalue weighted by atomic mass is 16.6. The average Bonchev–Trinajstić information content (AvgIpc) is 2.80. The lowest BCUT2D eigenvalue weighted by atomic mass is 9.85. The molecule has 0 spiro atoms. The summed E-state index contributed by atoms with van der Waals surface area (Å²) in [5.74, 6) is -1.72. The predicted molar refractivity (Wildman–Crippen MR) is 146 cm³/mol. The van der Waals surface area contributed by atoms with Crippen LogP contribution in [0.5, 0.6) is 0 Å². The molecule has 0 heterocycles. The fourth-order valence-corrected chi connectivity index (χ4v) is 3.64. The van der Waals surface area contributed by atoms with E-state index in [-0.39, 0.29) is 31.4 Å². The summed E-state index contributed by atoms with van der Waals surface area (Å²) in [7, 11) is 1.54. The van der Waals surface area contributed by atoms with Crippen LogP contribution in [0.15, 0.2) is 42.5 Å². The van der Waals surface area contributed by atoms with Crippen molar-refractivity contribution in [3.05, 3.63) is 48.0 Å². The second kappa shape index (κ2) is 14.7. The first-order chi connectivity index (χ1) is 17.2. The van der Waals surface area contributed by atoms with Crippen LogP contribution in [0.2, 0.25) is 0 Å². The molecule has 206 valence electrons. The number of hydrogen-bond acceptors (Lipinski definition) is 6. The Morgan fingerprint density at radius 2 is 1.49 bits per heavy atom. The number of benzene rings is 2. The van der Waals surface area contributed by atoms with E-state index >= 15 is 0 Å². The molecule has 2 unspecified atom stereocenters. The van der Waals surface area contributed by atoms with Gasteiger partial charge in [0.2, 0.25) is 11.8 Å². The molecule has 0 aliphatic carbocycles. The minimum Gasteiger partial charge on any atom is -0.460 e. The molecular formula is C29H44N2O6. The summed E-state index contributed by atoms with van der Waals surface area (Å²) in [6, 6.07) is 13.3. The van der Waals surface area contributed by atoms with Gasteiger partial charge >= 0.3 is 5.97 Å². The maximum absolute atomic E-state index is 13.3. The molecule has 0 radical (unpaired) electrons. The number of esters is 1. The lowest BCUT2D eigenvalue weighted by molar-refractivity contribution is -0.157. The lowest BCUT2D eigenvalue weighted by Crippen LogP contribution is -2.54. The molecule has 0 aliphatic rings. The topological polar surface area (TPSA) is 125 Å². The smallest absolute Gasteiger partial charge is 0.307 e. The molecule has 2 aromatic carbocycles. The number of aliphatic hydroxyl groups excluding tert-OH is 2. The highest BCUT2D eigenvalue weighted by Gasteiger charge is 2.35. The standard InChI is InChI=1S/C26H36N2O4.C3H8O2/c1-25(2,3)22(24(31)27-7)28-23(30)20(16-21(29)32-26(4,5)6)15-17-12-13-18-10-8-9-11-19(18)14-17;4-2-1-3-5/h8-14,20,22H,15-16H2,1-7H3,(H,27,31)(H,28,30);4-5H,1-3H2. The zero-order valence-corrected chi connectivity index (χ0v) is 23.3. The van der Waals surface area contributed by atoms with Crippen molar-refractivity contribution in [3.8, 4) is 0 Å². The molecule has 4 N–H and O–H groups in total. The monoisotopic (exact) mass is 516 g/mol. The molecule has 0 saturated heterocycles. The number of hydrogen-bond donors (Lipinski definition) is 4. The Bertz CT molecular complexity index is 1020. The normalized spacial score (nSPS) is 13.1. The Kier molecular flexibility index (Phi) is 12.7. The molecule has 0 aliphatic heterocycles. The number of likely N-dealkylation sites (N-methyl/N-ethyl adjacent to an activating group) is 1. The maximum Gasteiger partial charge on any atom is 0.307 e. The molecule has 2 rings (SSSR count). The molecule has 8 nitrogen and oxygen atoms in total. The second-order valence-electron chi connectivity index (χ2n) is 11.1. The highest BCUT2D eigenvalue weighted by molar-refractivity contribution is 5.91. The number of aliphatic hydroxyl groups is 2. The largest absolute Gasteiger partial charge is 0.460 e. The maximum atomic E-state index is 13.3. The number of carbonyl (C=O) groups is 3. The molecular weight excluding hydrogens is 472 g/mol. The molecule has 2 aromatic rings. The van der Waals surface area contributed by atoms with Crippen LogP contribution in [-0.4, -0.2) is 59.9 Å². The van der Waals surface area contributed by atoms with Crippen molar-refractivity contribution in [2.24, 2.45) is 11.3 Å². The highest BCUT2D eigenvalue weighted by Crippen LogP contribution is 2.23. The molecule has 0 fully saturated rings. The van der Waals surface area contributed by atoms with Crippen LogP contribution in [0.25, 0.3) is 10.8 Å². The Morgan fingerprint density at radius 3 is 1.97 bits per heavy atom. The minimum atomic E-state index is -0.724. The van der Waals surface area contributed by atoms with Crippen molar-refractivity contribution in [1.82, 2.24) is 10.6 Å². The summed E-state index contributed by atoms with van der Waals surface area (Å²) in [6.45, 7) is 11.2. The molecule has 2 amide bonds. The van der Waals surface area contributed by atoms with E-state index in [1.807, 2.05) is 63.2 Å². The van der Waals surface area contributed by atoms with Crippen LogP contribution >= 0.6 is 0 Å². The molecule has 0 bridgehead atoms. The minimum absolute atomic E-state index is 0.0689. The van der Waals surface area contributed by atoms with Crippen molar-refractivity contribution in [1.29, 1.82) is 0 Å². The lowest BCUT2D eigenvalue weighted by Gasteiger charge is -2.31. The summed E-state index contributed by atoms with van der Waals surface area (Å²) in [4.78, 5) is 38.3. The summed E-state index contributed by atoms with van der Waals surface area (Å²) < 4.78 is 5.47. The SMILES string of the molecule is CNC(=O)C(NC(=O)C(CC(=O)OC(C)(C)C)Cc1ccc2ccccc2c1)C(C)(C)C.OCCCO. The number of nitrogens with one attached hydrogen (secondary N) is 2. The third-order valence-corrected chi connectivity index (χ3v) is 5.48. The van der Waals surface area contributed by atoms with E-state index in [0.717, 1.165) is 16.3 Å². The van der Waals surface area contributed by atoms with Gasteiger partial charge in [-0.2, -0.15) is 0 Å². The Labute approximate surface area is 220 Å². The first-order valence-corrected chi connectivity index (χ1v) is 12.6. The van der Waals surface area contributed by atoms with Gasteiger partial charge in [0.05, 0.1) is 12.3 Å². The van der Waals surface area contributed by atoms with E-state index in [9.17, 15) is 14.4 Å². The van der Waals surface area contributed by atoms with Gasteiger partial charge in [0.25, 0.3) is 0 Å². The molecule has 0 aromatic heterocycles. The quantitative estimate of drug-likeness (QED) is 0.379. The zero-order valence-electron chi connectivity index (χ0n) is 23.3. The zero-order chi connectivity index (χ0) is 28.2. The summed E-state index contributed by atoms with van der Waals surface area (Å²) >= 11 is 0. The van der Waals surface area contributed by atoms with Crippen molar-refractivity contribution < 1.29 is 29.3 Å². The van der Waals surface area contributed by atoms with E-state index in [1.54, 1.807) is 27.8 Å². The second-order valence-corrected chi connectivity index (χ2v) is 11.1. The van der Waals surface area contributed by atoms with Crippen LogP contribution in [0.4, 0.5) is 0 Å². The van der Waals surface area contributed by atoms with E-state index in [4.69, 9.17) is 14.9 Å². The van der Waals surface area contributed by atoms with Gasteiger partial charge in [-0.3, -0.25) is 14.4 Å². The van der Waals surface area contributed by atoms with E-state index in [1.165, 1.54) is 0 Å². The van der Waals surface area contributed by atoms with Gasteiger partial charge in [-0.15, -0.1) is 0 Å². The van der Waals surface area contributed by atoms with E-state index in [2.05, 4.69) is 10.6 Å². The summed E-state index contributed by atoms with van der Waals surface area (Å²) in [5, 5.41) is 23.5. The van der Waals surface area contributed by atoms with Crippen LogP contribution in [0.3, 0.4) is 0 Å². The van der Waals surface area contributed by atoms with Crippen molar-refractivity contribution in [2.75, 3.05) is 20.3 Å². The van der Waals surface area contributed by atoms with Crippen LogP contribution in [0, 0.1) is 11.3 Å². The third-order valence-electron chi connectivity index (χ3n) is 5.48. The van der Waals surface area contributed by atoms with Crippen molar-refractivity contribution >= 4 is 28.6 Å². The van der Waals surface area contributed by atoms with Crippen LogP contribution in [-0.2, 0) is 25.5 Å². The predicted octanol–water partition coefficient (Wildman–Crippen LogP) is 3.37. The first kappa shape index (κ1) is 32.1. The third kappa shape index (κ3) is 11.7. The Balaban J connectivity index is 0.00000124. The average molecular weight is 517 g/mol. The molecule has 8 heteroatoms. The van der Waals surface area contributed by atoms with Crippen LogP contribution in [0.1, 0.15) is 59.9 Å². The van der Waals surface area contributed by atoms with Crippen molar-refractivity contribution in [3.63, 3.8) is 0 Å². The van der Waals surface area contributed by atoms with E-state index in [0.29, 0.717) is 12.8 Å². The van der Waals surface area contributed by atoms with Crippen LogP contribution < -0.4 is 10.6 Å². The van der Waals surface area contributed by atoms with Gasteiger partial charge in [0.15, 0.2) is 0 Å². The summed E-state index contributed by atoms with van der Waals surface area (Å²) in [5.41, 5.74) is -0.189. The Morgan fingerprint density at radius 1 is 0.892 bits per heavy atom. The van der Waals surface area contributed by atoms with Crippen molar-refractivity contribution in [2.45, 2.75) is 72.4 Å². The van der Waals surface area contributed by atoms with E-state index < -0.39 is 28.9 Å². The van der Waals surface area contributed by atoms with Gasteiger partial charge in [0.1, 0.15) is 11.6 Å². The summed E-state index contributed by atoms with van der Waals surface area (Å²) in [6.07, 6.45) is 0.793. The van der Waals surface area contributed by atoms with Gasteiger partial charge in [-0.05, 0) is 55.4 Å². The van der Waals surface area contributed by atoms with Gasteiger partial charge in [-0.1, -0.05) is 63.2 Å². The van der Waals surface area contributed by atoms with Gasteiger partial charge in [-0.25, -0.2) is 0 Å². The first-order valence-electron chi connectivity index (χ1n) is 12.6. The number of amides is 2. The number of fused-ring (bicyclic) bond motifs is 1. The van der Waals surface area contributed by atoms with Gasteiger partial charge < -0.3 is 25.6 Å².